The summed E-state index contributed by atoms with van der Waals surface area (Å²) >= 11 is 1.67. The Hall–Kier alpha value is -2.67. The zero-order valence-electron chi connectivity index (χ0n) is 15.3. The molecule has 3 rings (SSSR count). The average molecular weight is 388 g/mol. The van der Waals surface area contributed by atoms with Crippen LogP contribution in [-0.2, 0) is 30.6 Å². The highest BCUT2D eigenvalue weighted by Crippen LogP contribution is 2.29. The van der Waals surface area contributed by atoms with Crippen LogP contribution >= 0.6 is 11.8 Å². The minimum absolute atomic E-state index is 0.131. The molecule has 0 amide bonds. The van der Waals surface area contributed by atoms with E-state index in [0.29, 0.717) is 11.3 Å². The SMILES string of the molecule is COc1ccc(C=C2C(=O)OC(C)(C)OC2=O)cc1CSCc1ccco1. The van der Waals surface area contributed by atoms with Gasteiger partial charge in [0, 0.05) is 25.2 Å². The van der Waals surface area contributed by atoms with E-state index in [1.165, 1.54) is 19.9 Å². The molecule has 7 heteroatoms. The molecule has 1 aromatic carbocycles. The molecule has 142 valence electrons. The standard InChI is InChI=1S/C20H20O6S/c1-20(2)25-18(21)16(19(22)26-20)10-13-6-7-17(23-3)14(9-13)11-27-12-15-5-4-8-24-15/h4-10H,11-12H2,1-3H3. The molecule has 0 bridgehead atoms. The number of benzene rings is 1. The maximum atomic E-state index is 12.1. The second-order valence-electron chi connectivity index (χ2n) is 6.38. The molecule has 1 saturated heterocycles. The maximum Gasteiger partial charge on any atom is 0.348 e. The van der Waals surface area contributed by atoms with E-state index in [0.717, 1.165) is 22.8 Å². The molecule has 2 aromatic rings. The van der Waals surface area contributed by atoms with Gasteiger partial charge < -0.3 is 18.6 Å². The van der Waals surface area contributed by atoms with E-state index < -0.39 is 17.7 Å². The van der Waals surface area contributed by atoms with Gasteiger partial charge in [0.1, 0.15) is 17.1 Å². The first-order valence-corrected chi connectivity index (χ1v) is 9.49. The van der Waals surface area contributed by atoms with Gasteiger partial charge in [0.05, 0.1) is 19.1 Å². The van der Waals surface area contributed by atoms with Crippen molar-refractivity contribution in [1.29, 1.82) is 0 Å². The zero-order chi connectivity index (χ0) is 19.4. The van der Waals surface area contributed by atoms with E-state index in [4.69, 9.17) is 18.6 Å². The Balaban J connectivity index is 1.78. The first kappa shape index (κ1) is 19.1. The Kier molecular flexibility index (Phi) is 5.60. The van der Waals surface area contributed by atoms with Gasteiger partial charge in [0.2, 0.25) is 0 Å². The molecular weight excluding hydrogens is 368 g/mol. The monoisotopic (exact) mass is 388 g/mol. The third kappa shape index (κ3) is 4.74. The molecular formula is C20H20O6S. The topological polar surface area (TPSA) is 75.0 Å². The molecule has 1 aliphatic rings. The lowest BCUT2D eigenvalue weighted by Gasteiger charge is -2.29. The summed E-state index contributed by atoms with van der Waals surface area (Å²) in [5, 5.41) is 0. The highest BCUT2D eigenvalue weighted by atomic mass is 32.2. The average Bonchev–Trinajstić information content (AvgIpc) is 3.11. The van der Waals surface area contributed by atoms with Crippen molar-refractivity contribution in [3.63, 3.8) is 0 Å². The Morgan fingerprint density at radius 1 is 1.11 bits per heavy atom. The largest absolute Gasteiger partial charge is 0.496 e. The molecule has 0 N–H and O–H groups in total. The lowest BCUT2D eigenvalue weighted by atomic mass is 10.1. The zero-order valence-corrected chi connectivity index (χ0v) is 16.1. The number of carbonyl (C=O) groups excluding carboxylic acids is 2. The van der Waals surface area contributed by atoms with Crippen LogP contribution in [0, 0.1) is 0 Å². The molecule has 0 atom stereocenters. The van der Waals surface area contributed by atoms with Gasteiger partial charge in [-0.25, -0.2) is 9.59 Å². The summed E-state index contributed by atoms with van der Waals surface area (Å²) in [4.78, 5) is 24.2. The van der Waals surface area contributed by atoms with Crippen LogP contribution in [0.3, 0.4) is 0 Å². The van der Waals surface area contributed by atoms with Crippen molar-refractivity contribution in [3.8, 4) is 5.75 Å². The first-order valence-electron chi connectivity index (χ1n) is 8.33. The minimum atomic E-state index is -1.25. The van der Waals surface area contributed by atoms with Crippen LogP contribution in [0.25, 0.3) is 6.08 Å². The third-order valence-corrected chi connectivity index (χ3v) is 4.82. The molecule has 0 unspecified atom stereocenters. The highest BCUT2D eigenvalue weighted by Gasteiger charge is 2.38. The minimum Gasteiger partial charge on any atom is -0.496 e. The molecule has 0 radical (unpaired) electrons. The number of ether oxygens (including phenoxy) is 3. The molecule has 1 aliphatic heterocycles. The van der Waals surface area contributed by atoms with Crippen LogP contribution < -0.4 is 4.74 Å². The Bertz CT molecular complexity index is 845. The molecule has 2 heterocycles. The molecule has 1 fully saturated rings. The van der Waals surface area contributed by atoms with Gasteiger partial charge >= 0.3 is 11.9 Å². The van der Waals surface area contributed by atoms with Gasteiger partial charge in [-0.2, -0.15) is 0 Å². The molecule has 1 aromatic heterocycles. The smallest absolute Gasteiger partial charge is 0.348 e. The number of rotatable bonds is 6. The van der Waals surface area contributed by atoms with E-state index in [-0.39, 0.29) is 5.57 Å². The summed E-state index contributed by atoms with van der Waals surface area (Å²) in [5.41, 5.74) is 1.50. The number of esters is 2. The second-order valence-corrected chi connectivity index (χ2v) is 7.37. The Morgan fingerprint density at radius 3 is 2.48 bits per heavy atom. The van der Waals surface area contributed by atoms with Gasteiger partial charge in [-0.3, -0.25) is 0 Å². The summed E-state index contributed by atoms with van der Waals surface area (Å²) in [7, 11) is 1.60. The number of hydrogen-bond acceptors (Lipinski definition) is 7. The van der Waals surface area contributed by atoms with Crippen LogP contribution in [0.5, 0.6) is 5.75 Å². The summed E-state index contributed by atoms with van der Waals surface area (Å²) in [6, 6.07) is 9.23. The fourth-order valence-corrected chi connectivity index (χ4v) is 3.52. The predicted molar refractivity (Wildman–Crippen MR) is 101 cm³/mol. The number of thioether (sulfide) groups is 1. The predicted octanol–water partition coefficient (Wildman–Crippen LogP) is 3.94. The van der Waals surface area contributed by atoms with Crippen LogP contribution in [0.2, 0.25) is 0 Å². The van der Waals surface area contributed by atoms with Crippen LogP contribution in [-0.4, -0.2) is 24.8 Å². The molecule has 0 spiro atoms. The van der Waals surface area contributed by atoms with Crippen LogP contribution in [0.15, 0.2) is 46.6 Å². The van der Waals surface area contributed by atoms with Crippen molar-refractivity contribution >= 4 is 29.8 Å². The lowest BCUT2D eigenvalue weighted by molar-refractivity contribution is -0.222. The Morgan fingerprint density at radius 2 is 1.85 bits per heavy atom. The van der Waals surface area contributed by atoms with Crippen molar-refractivity contribution in [2.75, 3.05) is 7.11 Å². The number of methoxy groups -OCH3 is 1. The van der Waals surface area contributed by atoms with Crippen molar-refractivity contribution in [1.82, 2.24) is 0 Å². The van der Waals surface area contributed by atoms with Gasteiger partial charge in [-0.1, -0.05) is 6.07 Å². The van der Waals surface area contributed by atoms with E-state index in [1.807, 2.05) is 18.2 Å². The van der Waals surface area contributed by atoms with E-state index in [2.05, 4.69) is 0 Å². The molecule has 27 heavy (non-hydrogen) atoms. The maximum absolute atomic E-state index is 12.1. The van der Waals surface area contributed by atoms with Crippen molar-refractivity contribution in [2.24, 2.45) is 0 Å². The number of cyclic esters (lactones) is 2. The first-order chi connectivity index (χ1) is 12.9. The fraction of sp³-hybridized carbons (Fsp3) is 0.300. The van der Waals surface area contributed by atoms with E-state index in [1.54, 1.807) is 37.3 Å². The molecule has 6 nitrogen and oxygen atoms in total. The number of hydrogen-bond donors (Lipinski definition) is 0. The number of carbonyl (C=O) groups is 2. The summed E-state index contributed by atoms with van der Waals surface area (Å²) in [5.74, 6) is 0.407. The summed E-state index contributed by atoms with van der Waals surface area (Å²) in [6.07, 6.45) is 3.12. The van der Waals surface area contributed by atoms with Gasteiger partial charge in [-0.15, -0.1) is 11.8 Å². The Labute approximate surface area is 161 Å². The van der Waals surface area contributed by atoms with Crippen LogP contribution in [0.1, 0.15) is 30.7 Å². The molecule has 0 saturated carbocycles. The summed E-state index contributed by atoms with van der Waals surface area (Å²) in [6.45, 7) is 3.03. The number of furan rings is 1. The van der Waals surface area contributed by atoms with Crippen molar-refractivity contribution in [2.45, 2.75) is 31.1 Å². The van der Waals surface area contributed by atoms with Crippen molar-refractivity contribution < 1.29 is 28.2 Å². The van der Waals surface area contributed by atoms with Crippen molar-refractivity contribution in [3.05, 3.63) is 59.1 Å². The summed E-state index contributed by atoms with van der Waals surface area (Å²) < 4.78 is 21.0. The lowest BCUT2D eigenvalue weighted by Crippen LogP contribution is -2.41. The van der Waals surface area contributed by atoms with E-state index >= 15 is 0 Å². The molecule has 0 aliphatic carbocycles. The second kappa shape index (κ2) is 7.92. The van der Waals surface area contributed by atoms with E-state index in [9.17, 15) is 9.59 Å². The van der Waals surface area contributed by atoms with Crippen LogP contribution in [0.4, 0.5) is 0 Å². The normalized spacial score (nSPS) is 15.9. The van der Waals surface area contributed by atoms with Gasteiger partial charge in [0.15, 0.2) is 0 Å². The highest BCUT2D eigenvalue weighted by molar-refractivity contribution is 7.97. The van der Waals surface area contributed by atoms with Gasteiger partial charge in [0.25, 0.3) is 5.79 Å². The third-order valence-electron chi connectivity index (χ3n) is 3.81. The van der Waals surface area contributed by atoms with Gasteiger partial charge in [-0.05, 0) is 35.9 Å². The quantitative estimate of drug-likeness (QED) is 0.421. The fourth-order valence-electron chi connectivity index (χ4n) is 2.60.